The molecule has 1 aliphatic carbocycles. The van der Waals surface area contributed by atoms with Crippen molar-refractivity contribution in [2.75, 3.05) is 6.61 Å². The predicted octanol–water partition coefficient (Wildman–Crippen LogP) is 8.98. The number of rotatable bonds is 42. The van der Waals surface area contributed by atoms with Crippen molar-refractivity contribution in [1.29, 1.82) is 0 Å². The predicted molar refractivity (Wildman–Crippen MR) is 247 cm³/mol. The van der Waals surface area contributed by atoms with Crippen LogP contribution in [-0.4, -0.2) is 108 Å². The Labute approximate surface area is 376 Å². The van der Waals surface area contributed by atoms with Crippen LogP contribution in [0.3, 0.4) is 0 Å². The molecule has 0 aromatic carbocycles. The molecular formula is C48H94NO12P. The van der Waals surface area contributed by atoms with Gasteiger partial charge < -0.3 is 46.0 Å². The third-order valence-electron chi connectivity index (χ3n) is 12.4. The van der Waals surface area contributed by atoms with Gasteiger partial charge in [0, 0.05) is 0 Å². The summed E-state index contributed by atoms with van der Waals surface area (Å²) >= 11 is 0. The molecule has 0 aliphatic heterocycles. The molecule has 0 bridgehead atoms. The van der Waals surface area contributed by atoms with E-state index in [-0.39, 0.29) is 12.8 Å². The summed E-state index contributed by atoms with van der Waals surface area (Å²) in [6.45, 7) is 3.79. The first kappa shape index (κ1) is 59.1. The Bertz CT molecular complexity index is 1120. The zero-order chi connectivity index (χ0) is 45.9. The molecule has 1 saturated carbocycles. The van der Waals surface area contributed by atoms with Crippen molar-refractivity contribution in [3.63, 3.8) is 0 Å². The molecule has 0 heterocycles. The van der Waals surface area contributed by atoms with E-state index in [4.69, 9.17) is 9.05 Å². The van der Waals surface area contributed by atoms with Crippen molar-refractivity contribution in [1.82, 2.24) is 5.32 Å². The summed E-state index contributed by atoms with van der Waals surface area (Å²) in [4.78, 5) is 23.5. The van der Waals surface area contributed by atoms with E-state index in [2.05, 4.69) is 31.3 Å². The number of unbranched alkanes of at least 4 members (excludes halogenated alkanes) is 27. The summed E-state index contributed by atoms with van der Waals surface area (Å²) in [6, 6.07) is -1.15. The summed E-state index contributed by atoms with van der Waals surface area (Å²) in [5.41, 5.74) is 0. The molecule has 0 aromatic rings. The number of nitrogens with one attached hydrogen (secondary N) is 1. The van der Waals surface area contributed by atoms with Gasteiger partial charge in [-0.05, 0) is 38.5 Å². The third-order valence-corrected chi connectivity index (χ3v) is 13.4. The number of hydrogen-bond donors (Lipinski definition) is 9. The molecule has 0 radical (unpaired) electrons. The van der Waals surface area contributed by atoms with Gasteiger partial charge >= 0.3 is 7.82 Å². The van der Waals surface area contributed by atoms with E-state index in [0.29, 0.717) is 12.8 Å². The monoisotopic (exact) mass is 908 g/mol. The Morgan fingerprint density at radius 1 is 0.548 bits per heavy atom. The molecule has 8 atom stereocenters. The second-order valence-electron chi connectivity index (χ2n) is 18.2. The van der Waals surface area contributed by atoms with Gasteiger partial charge in [0.1, 0.15) is 36.6 Å². The summed E-state index contributed by atoms with van der Waals surface area (Å²) in [5, 5.41) is 74.7. The number of carbonyl (C=O) groups is 1. The molecular weight excluding hydrogens is 813 g/mol. The van der Waals surface area contributed by atoms with Gasteiger partial charge in [-0.2, -0.15) is 0 Å². The Kier molecular flexibility index (Phi) is 36.4. The largest absolute Gasteiger partial charge is 0.472 e. The number of aliphatic hydroxyl groups excluding tert-OH is 7. The fourth-order valence-electron chi connectivity index (χ4n) is 8.24. The standard InChI is InChI=1S/C48H94NO12P/c1-3-5-7-9-11-13-15-17-18-19-20-21-22-23-24-25-27-29-31-33-35-39(50)37-42(52)49-40(41(51)36-34-32-30-28-26-16-14-12-10-8-6-4-2)38-60-62(58,59)61-48-46(56)44(54)43(53)45(55)47(48)57/h22-23,39-41,43-48,50-51,53-57H,3-21,24-38H2,1-2H3,(H,49,52)(H,58,59)/b23-22-. The molecule has 8 unspecified atom stereocenters. The molecule has 1 rings (SSSR count). The zero-order valence-corrected chi connectivity index (χ0v) is 39.9. The van der Waals surface area contributed by atoms with Crippen LogP contribution in [-0.2, 0) is 18.4 Å². The van der Waals surface area contributed by atoms with Crippen molar-refractivity contribution < 1.29 is 59.0 Å². The number of aliphatic hydroxyl groups is 7. The summed E-state index contributed by atoms with van der Waals surface area (Å²) in [5.74, 6) is -0.563. The molecule has 9 N–H and O–H groups in total. The zero-order valence-electron chi connectivity index (χ0n) is 39.1. The maximum Gasteiger partial charge on any atom is 0.472 e. The highest BCUT2D eigenvalue weighted by molar-refractivity contribution is 7.47. The van der Waals surface area contributed by atoms with Gasteiger partial charge in [-0.1, -0.05) is 193 Å². The van der Waals surface area contributed by atoms with Crippen molar-refractivity contribution in [2.24, 2.45) is 0 Å². The first-order chi connectivity index (χ1) is 29.8. The molecule has 0 aromatic heterocycles. The number of carbonyl (C=O) groups excluding carboxylic acids is 1. The van der Waals surface area contributed by atoms with E-state index in [1.165, 1.54) is 116 Å². The molecule has 0 spiro atoms. The molecule has 13 nitrogen and oxygen atoms in total. The highest BCUT2D eigenvalue weighted by atomic mass is 31.2. The molecule has 62 heavy (non-hydrogen) atoms. The van der Waals surface area contributed by atoms with E-state index in [0.717, 1.165) is 70.6 Å². The molecule has 1 aliphatic rings. The minimum absolute atomic E-state index is 0.225. The van der Waals surface area contributed by atoms with Crippen LogP contribution >= 0.6 is 7.82 Å². The number of allylic oxidation sites excluding steroid dienone is 2. The van der Waals surface area contributed by atoms with Gasteiger partial charge in [0.15, 0.2) is 0 Å². The van der Waals surface area contributed by atoms with Gasteiger partial charge in [-0.25, -0.2) is 4.57 Å². The van der Waals surface area contributed by atoms with Crippen molar-refractivity contribution in [2.45, 2.75) is 281 Å². The Morgan fingerprint density at radius 2 is 0.903 bits per heavy atom. The fraction of sp³-hybridized carbons (Fsp3) is 0.938. The van der Waals surface area contributed by atoms with Crippen LogP contribution in [0.2, 0.25) is 0 Å². The number of amides is 1. The summed E-state index contributed by atoms with van der Waals surface area (Å²) in [7, 11) is -5.12. The lowest BCUT2D eigenvalue weighted by atomic mass is 9.85. The van der Waals surface area contributed by atoms with Gasteiger partial charge in [-0.3, -0.25) is 13.8 Å². The topological polar surface area (TPSA) is 226 Å². The average molecular weight is 908 g/mol. The molecule has 1 amide bonds. The number of hydrogen-bond acceptors (Lipinski definition) is 11. The Hall–Kier alpha value is -0.960. The van der Waals surface area contributed by atoms with E-state index in [1.807, 2.05) is 0 Å². The SMILES string of the molecule is CCCCCCCCCCCCC/C=C\CCCCCCCC(O)CC(=O)NC(COP(=O)(O)OC1C(O)C(O)C(O)C(O)C1O)C(O)CCCCCCCCCCCCCC. The van der Waals surface area contributed by atoms with Crippen LogP contribution in [0, 0.1) is 0 Å². The van der Waals surface area contributed by atoms with E-state index in [1.54, 1.807) is 0 Å². The van der Waals surface area contributed by atoms with Gasteiger partial charge in [-0.15, -0.1) is 0 Å². The minimum atomic E-state index is -5.12. The summed E-state index contributed by atoms with van der Waals surface area (Å²) in [6.07, 6.45) is 26.9. The van der Waals surface area contributed by atoms with Crippen LogP contribution in [0.15, 0.2) is 12.2 Å². The second-order valence-corrected chi connectivity index (χ2v) is 19.6. The Morgan fingerprint density at radius 3 is 1.32 bits per heavy atom. The van der Waals surface area contributed by atoms with Gasteiger partial charge in [0.05, 0.1) is 31.3 Å². The Balaban J connectivity index is 2.43. The molecule has 0 saturated heterocycles. The second kappa shape index (κ2) is 38.2. The van der Waals surface area contributed by atoms with Gasteiger partial charge in [0.2, 0.25) is 5.91 Å². The third kappa shape index (κ3) is 29.5. The molecule has 1 fully saturated rings. The maximum absolute atomic E-state index is 13.0. The van der Waals surface area contributed by atoms with Crippen LogP contribution in [0.5, 0.6) is 0 Å². The summed E-state index contributed by atoms with van der Waals surface area (Å²) < 4.78 is 22.9. The lowest BCUT2D eigenvalue weighted by Gasteiger charge is -2.41. The minimum Gasteiger partial charge on any atom is -0.393 e. The lowest BCUT2D eigenvalue weighted by Crippen LogP contribution is -2.64. The van der Waals surface area contributed by atoms with Crippen molar-refractivity contribution in [3.8, 4) is 0 Å². The first-order valence-electron chi connectivity index (χ1n) is 25.2. The number of phosphoric acid groups is 1. The fourth-order valence-corrected chi connectivity index (χ4v) is 9.21. The number of phosphoric ester groups is 1. The van der Waals surface area contributed by atoms with Gasteiger partial charge in [0.25, 0.3) is 0 Å². The van der Waals surface area contributed by atoms with E-state index in [9.17, 15) is 50.0 Å². The lowest BCUT2D eigenvalue weighted by molar-refractivity contribution is -0.220. The van der Waals surface area contributed by atoms with Crippen LogP contribution in [0.1, 0.15) is 226 Å². The van der Waals surface area contributed by atoms with Crippen molar-refractivity contribution >= 4 is 13.7 Å². The van der Waals surface area contributed by atoms with Crippen molar-refractivity contribution in [3.05, 3.63) is 12.2 Å². The molecule has 368 valence electrons. The van der Waals surface area contributed by atoms with E-state index >= 15 is 0 Å². The normalized spacial score (nSPS) is 23.1. The van der Waals surface area contributed by atoms with E-state index < -0.39 is 75.2 Å². The maximum atomic E-state index is 13.0. The average Bonchev–Trinajstić information content (AvgIpc) is 3.24. The smallest absolute Gasteiger partial charge is 0.393 e. The highest BCUT2D eigenvalue weighted by Crippen LogP contribution is 2.47. The van der Waals surface area contributed by atoms with Crippen LogP contribution in [0.25, 0.3) is 0 Å². The van der Waals surface area contributed by atoms with Crippen LogP contribution in [0.4, 0.5) is 0 Å². The molecule has 14 heteroatoms. The highest BCUT2D eigenvalue weighted by Gasteiger charge is 2.51. The quantitative estimate of drug-likeness (QED) is 0.0159. The van der Waals surface area contributed by atoms with Crippen LogP contribution < -0.4 is 5.32 Å². The first-order valence-corrected chi connectivity index (χ1v) is 26.7.